The number of piperidine rings is 1. The fourth-order valence-corrected chi connectivity index (χ4v) is 1.38. The number of hydrogen-bond acceptors (Lipinski definition) is 3. The van der Waals surface area contributed by atoms with Crippen LogP contribution in [-0.2, 0) is 0 Å². The second-order valence-electron chi connectivity index (χ2n) is 2.99. The molecule has 0 spiro atoms. The third kappa shape index (κ3) is 2.25. The molecule has 0 bridgehead atoms. The summed E-state index contributed by atoms with van der Waals surface area (Å²) < 4.78 is 0. The van der Waals surface area contributed by atoms with Gasteiger partial charge in [0.2, 0.25) is 0 Å². The van der Waals surface area contributed by atoms with Crippen LogP contribution in [0.15, 0.2) is 0 Å². The third-order valence-corrected chi connectivity index (χ3v) is 2.13. The average molecular weight is 143 g/mol. The van der Waals surface area contributed by atoms with E-state index in [1.54, 1.807) is 0 Å². The maximum absolute atomic E-state index is 5.37. The molecule has 1 aliphatic heterocycles. The summed E-state index contributed by atoms with van der Waals surface area (Å²) in [7, 11) is 2.17. The lowest BCUT2D eigenvalue weighted by molar-refractivity contribution is 0.236. The van der Waals surface area contributed by atoms with Crippen molar-refractivity contribution in [3.8, 4) is 0 Å². The largest absolute Gasteiger partial charge is 0.318 e. The molecule has 3 heteroatoms. The molecule has 0 saturated carbocycles. The Balaban J connectivity index is 2.13. The zero-order valence-electron chi connectivity index (χ0n) is 6.64. The summed E-state index contributed by atoms with van der Waals surface area (Å²) in [6, 6.07) is 0.668. The molecule has 0 aromatic carbocycles. The topological polar surface area (TPSA) is 41.3 Å². The lowest BCUT2D eigenvalue weighted by Gasteiger charge is -2.29. The Labute approximate surface area is 62.6 Å². The van der Waals surface area contributed by atoms with E-state index in [4.69, 9.17) is 5.73 Å². The number of nitrogens with zero attached hydrogens (tertiary/aromatic N) is 1. The van der Waals surface area contributed by atoms with Gasteiger partial charge in [-0.3, -0.25) is 0 Å². The Hall–Kier alpha value is -0.120. The van der Waals surface area contributed by atoms with Crippen molar-refractivity contribution >= 4 is 0 Å². The number of rotatable bonds is 2. The van der Waals surface area contributed by atoms with Crippen molar-refractivity contribution in [2.24, 2.45) is 5.73 Å². The van der Waals surface area contributed by atoms with Gasteiger partial charge in [0.1, 0.15) is 0 Å². The van der Waals surface area contributed by atoms with Crippen LogP contribution in [0.4, 0.5) is 0 Å². The second kappa shape index (κ2) is 3.91. The van der Waals surface area contributed by atoms with Gasteiger partial charge in [0, 0.05) is 12.7 Å². The van der Waals surface area contributed by atoms with Crippen molar-refractivity contribution in [3.63, 3.8) is 0 Å². The Kier molecular flexibility index (Phi) is 3.12. The van der Waals surface area contributed by atoms with Gasteiger partial charge in [-0.15, -0.1) is 0 Å². The summed E-state index contributed by atoms with van der Waals surface area (Å²) in [4.78, 5) is 2.36. The minimum atomic E-state index is 0.619. The van der Waals surface area contributed by atoms with Gasteiger partial charge in [-0.05, 0) is 33.0 Å². The van der Waals surface area contributed by atoms with E-state index in [1.165, 1.54) is 25.9 Å². The molecule has 3 nitrogen and oxygen atoms in total. The van der Waals surface area contributed by atoms with Gasteiger partial charge in [0.05, 0.1) is 0 Å². The number of nitrogens with two attached hydrogens (primary N) is 1. The van der Waals surface area contributed by atoms with E-state index in [0.29, 0.717) is 12.7 Å². The first-order valence-corrected chi connectivity index (χ1v) is 3.95. The van der Waals surface area contributed by atoms with Gasteiger partial charge >= 0.3 is 0 Å². The third-order valence-electron chi connectivity index (χ3n) is 2.13. The molecule has 1 rings (SSSR count). The van der Waals surface area contributed by atoms with Gasteiger partial charge in [0.15, 0.2) is 0 Å². The fourth-order valence-electron chi connectivity index (χ4n) is 1.38. The number of likely N-dealkylation sites (tertiary alicyclic amines) is 1. The smallest absolute Gasteiger partial charge is 0.0430 e. The molecule has 0 aromatic heterocycles. The van der Waals surface area contributed by atoms with Crippen molar-refractivity contribution in [1.82, 2.24) is 10.2 Å². The highest BCUT2D eigenvalue weighted by molar-refractivity contribution is 4.74. The van der Waals surface area contributed by atoms with Crippen LogP contribution in [-0.4, -0.2) is 37.7 Å². The highest BCUT2D eigenvalue weighted by Gasteiger charge is 2.14. The number of hydrogen-bond donors (Lipinski definition) is 2. The molecule has 0 radical (unpaired) electrons. The summed E-state index contributed by atoms with van der Waals surface area (Å²) in [6.07, 6.45) is 2.49. The molecule has 0 atom stereocenters. The standard InChI is InChI=1S/C7H17N3/c1-10-4-2-7(3-5-10)9-6-8/h7,9H,2-6,8H2,1H3. The van der Waals surface area contributed by atoms with Crippen LogP contribution in [0.1, 0.15) is 12.8 Å². The van der Waals surface area contributed by atoms with Crippen molar-refractivity contribution in [2.45, 2.75) is 18.9 Å². The summed E-state index contributed by atoms with van der Waals surface area (Å²) in [5.41, 5.74) is 5.37. The monoisotopic (exact) mass is 143 g/mol. The van der Waals surface area contributed by atoms with E-state index in [2.05, 4.69) is 17.3 Å². The van der Waals surface area contributed by atoms with Gasteiger partial charge in [-0.1, -0.05) is 0 Å². The van der Waals surface area contributed by atoms with Crippen LogP contribution < -0.4 is 11.1 Å². The molecule has 1 saturated heterocycles. The summed E-state index contributed by atoms with van der Waals surface area (Å²) in [5, 5.41) is 3.26. The fraction of sp³-hybridized carbons (Fsp3) is 1.00. The Morgan fingerprint density at radius 3 is 2.60 bits per heavy atom. The highest BCUT2D eigenvalue weighted by atomic mass is 15.1. The van der Waals surface area contributed by atoms with Crippen molar-refractivity contribution < 1.29 is 0 Å². The van der Waals surface area contributed by atoms with Gasteiger partial charge in [0.25, 0.3) is 0 Å². The van der Waals surface area contributed by atoms with E-state index >= 15 is 0 Å². The predicted octanol–water partition coefficient (Wildman–Crippen LogP) is -0.414. The van der Waals surface area contributed by atoms with Crippen LogP contribution in [0.25, 0.3) is 0 Å². The van der Waals surface area contributed by atoms with Gasteiger partial charge in [-0.2, -0.15) is 0 Å². The first-order chi connectivity index (χ1) is 4.83. The zero-order chi connectivity index (χ0) is 7.40. The lowest BCUT2D eigenvalue weighted by Crippen LogP contribution is -2.42. The molecule has 0 unspecified atom stereocenters. The summed E-state index contributed by atoms with van der Waals surface area (Å²) >= 11 is 0. The van der Waals surface area contributed by atoms with E-state index in [1.807, 2.05) is 0 Å². The van der Waals surface area contributed by atoms with E-state index < -0.39 is 0 Å². The quantitative estimate of drug-likeness (QED) is 0.516. The summed E-state index contributed by atoms with van der Waals surface area (Å²) in [6.45, 7) is 3.03. The molecule has 1 fully saturated rings. The first kappa shape index (κ1) is 7.98. The SMILES string of the molecule is CN1CCC(NCN)CC1. The molecule has 10 heavy (non-hydrogen) atoms. The van der Waals surface area contributed by atoms with Gasteiger partial charge < -0.3 is 16.0 Å². The van der Waals surface area contributed by atoms with Crippen LogP contribution >= 0.6 is 0 Å². The predicted molar refractivity (Wildman–Crippen MR) is 42.7 cm³/mol. The van der Waals surface area contributed by atoms with Gasteiger partial charge in [-0.25, -0.2) is 0 Å². The van der Waals surface area contributed by atoms with Crippen LogP contribution in [0.3, 0.4) is 0 Å². The molecule has 1 heterocycles. The minimum Gasteiger partial charge on any atom is -0.318 e. The van der Waals surface area contributed by atoms with Crippen molar-refractivity contribution in [2.75, 3.05) is 26.8 Å². The van der Waals surface area contributed by atoms with Crippen LogP contribution in [0.5, 0.6) is 0 Å². The minimum absolute atomic E-state index is 0.619. The van der Waals surface area contributed by atoms with E-state index in [9.17, 15) is 0 Å². The zero-order valence-corrected chi connectivity index (χ0v) is 6.64. The molecule has 0 aromatic rings. The lowest BCUT2D eigenvalue weighted by atomic mass is 10.1. The molecule has 0 aliphatic carbocycles. The van der Waals surface area contributed by atoms with E-state index in [0.717, 1.165) is 0 Å². The Morgan fingerprint density at radius 2 is 2.10 bits per heavy atom. The maximum Gasteiger partial charge on any atom is 0.0430 e. The average Bonchev–Trinajstić information content (AvgIpc) is 1.95. The normalized spacial score (nSPS) is 23.4. The first-order valence-electron chi connectivity index (χ1n) is 3.95. The highest BCUT2D eigenvalue weighted by Crippen LogP contribution is 2.06. The van der Waals surface area contributed by atoms with Crippen LogP contribution in [0, 0.1) is 0 Å². The summed E-state index contributed by atoms with van der Waals surface area (Å²) in [5.74, 6) is 0. The Morgan fingerprint density at radius 1 is 1.50 bits per heavy atom. The molecule has 3 N–H and O–H groups in total. The second-order valence-corrected chi connectivity index (χ2v) is 2.99. The van der Waals surface area contributed by atoms with Crippen molar-refractivity contribution in [3.05, 3.63) is 0 Å². The molecule has 0 amide bonds. The number of nitrogens with one attached hydrogen (secondary N) is 1. The maximum atomic E-state index is 5.37. The molecule has 1 aliphatic rings. The van der Waals surface area contributed by atoms with E-state index in [-0.39, 0.29) is 0 Å². The molecule has 60 valence electrons. The Bertz CT molecular complexity index is 86.9. The van der Waals surface area contributed by atoms with Crippen molar-refractivity contribution in [1.29, 1.82) is 0 Å². The van der Waals surface area contributed by atoms with Crippen LogP contribution in [0.2, 0.25) is 0 Å². The molecular weight excluding hydrogens is 126 g/mol. The molecular formula is C7H17N3.